The summed E-state index contributed by atoms with van der Waals surface area (Å²) >= 11 is 1.49. The fraction of sp³-hybridized carbons (Fsp3) is 0.500. The van der Waals surface area contributed by atoms with E-state index in [-0.39, 0.29) is 18.4 Å². The third kappa shape index (κ3) is 5.63. The normalized spacial score (nSPS) is 14.9. The Bertz CT molecular complexity index is 616. The molecule has 0 spiro atoms. The molecule has 1 aliphatic heterocycles. The molecule has 5 heteroatoms. The fourth-order valence-corrected chi connectivity index (χ4v) is 3.67. The molecule has 136 valence electrons. The molecule has 0 aliphatic carbocycles. The lowest BCUT2D eigenvalue weighted by molar-refractivity contribution is -0.137. The van der Waals surface area contributed by atoms with Crippen LogP contribution in [0.15, 0.2) is 35.7 Å². The highest BCUT2D eigenvalue weighted by molar-refractivity contribution is 8.03. The summed E-state index contributed by atoms with van der Waals surface area (Å²) in [5.74, 6) is 1.20. The van der Waals surface area contributed by atoms with E-state index in [1.54, 1.807) is 4.90 Å². The molecule has 2 rings (SSSR count). The zero-order chi connectivity index (χ0) is 18.4. The lowest BCUT2D eigenvalue weighted by Gasteiger charge is -2.32. The summed E-state index contributed by atoms with van der Waals surface area (Å²) in [5, 5.41) is 1.99. The third-order valence-electron chi connectivity index (χ3n) is 3.88. The van der Waals surface area contributed by atoms with E-state index < -0.39 is 0 Å². The first-order valence-electron chi connectivity index (χ1n) is 8.83. The van der Waals surface area contributed by atoms with E-state index in [0.29, 0.717) is 17.6 Å². The van der Waals surface area contributed by atoms with E-state index in [1.165, 1.54) is 11.8 Å². The molecule has 0 radical (unpaired) electrons. The Morgan fingerprint density at radius 2 is 1.72 bits per heavy atom. The van der Waals surface area contributed by atoms with Gasteiger partial charge in [0.1, 0.15) is 6.54 Å². The molecule has 0 saturated heterocycles. The second-order valence-electron chi connectivity index (χ2n) is 7.25. The number of amides is 2. The van der Waals surface area contributed by atoms with Crippen molar-refractivity contribution in [3.05, 3.63) is 41.3 Å². The number of thioether (sulfide) groups is 1. The van der Waals surface area contributed by atoms with E-state index in [1.807, 2.05) is 40.6 Å². The number of hydrogen-bond donors (Lipinski definition) is 0. The summed E-state index contributed by atoms with van der Waals surface area (Å²) in [6, 6.07) is 9.79. The van der Waals surface area contributed by atoms with Crippen LogP contribution >= 0.6 is 11.8 Å². The average Bonchev–Trinajstić information content (AvgIpc) is 2.56. The summed E-state index contributed by atoms with van der Waals surface area (Å²) in [4.78, 5) is 28.9. The molecule has 0 bridgehead atoms. The van der Waals surface area contributed by atoms with Crippen LogP contribution in [0.2, 0.25) is 0 Å². The maximum atomic E-state index is 12.9. The van der Waals surface area contributed by atoms with Gasteiger partial charge in [-0.3, -0.25) is 9.59 Å². The Balaban J connectivity index is 2.18. The van der Waals surface area contributed by atoms with Crippen molar-refractivity contribution in [2.24, 2.45) is 11.8 Å². The summed E-state index contributed by atoms with van der Waals surface area (Å²) in [6.45, 7) is 9.99. The van der Waals surface area contributed by atoms with Gasteiger partial charge in [0.15, 0.2) is 0 Å². The number of carbonyl (C=O) groups is 2. The number of rotatable bonds is 7. The molecule has 25 heavy (non-hydrogen) atoms. The lowest BCUT2D eigenvalue weighted by Crippen LogP contribution is -2.45. The SMILES string of the molecule is CC(C)CN(CC(C)C)C(=O)CN1C(=O)CSC=C1c1ccccc1. The number of benzene rings is 1. The molecular formula is C20H28N2O2S. The van der Waals surface area contributed by atoms with Crippen molar-refractivity contribution < 1.29 is 9.59 Å². The Hall–Kier alpha value is -1.75. The summed E-state index contributed by atoms with van der Waals surface area (Å²) in [7, 11) is 0. The van der Waals surface area contributed by atoms with Crippen molar-refractivity contribution in [1.29, 1.82) is 0 Å². The highest BCUT2D eigenvalue weighted by Crippen LogP contribution is 2.28. The fourth-order valence-electron chi connectivity index (χ4n) is 2.87. The molecule has 1 heterocycles. The predicted molar refractivity (Wildman–Crippen MR) is 105 cm³/mol. The molecule has 0 aromatic heterocycles. The first-order chi connectivity index (χ1) is 11.9. The first-order valence-corrected chi connectivity index (χ1v) is 9.88. The molecule has 1 aliphatic rings. The van der Waals surface area contributed by atoms with Crippen molar-refractivity contribution in [2.75, 3.05) is 25.4 Å². The van der Waals surface area contributed by atoms with Gasteiger partial charge in [-0.1, -0.05) is 58.0 Å². The van der Waals surface area contributed by atoms with Gasteiger partial charge in [-0.05, 0) is 22.8 Å². The van der Waals surface area contributed by atoms with Gasteiger partial charge >= 0.3 is 0 Å². The summed E-state index contributed by atoms with van der Waals surface area (Å²) in [5.41, 5.74) is 1.79. The summed E-state index contributed by atoms with van der Waals surface area (Å²) < 4.78 is 0. The van der Waals surface area contributed by atoms with Crippen LogP contribution in [0, 0.1) is 11.8 Å². The molecule has 0 atom stereocenters. The largest absolute Gasteiger partial charge is 0.341 e. The minimum absolute atomic E-state index is 0.00579. The lowest BCUT2D eigenvalue weighted by atomic mass is 10.1. The van der Waals surface area contributed by atoms with E-state index >= 15 is 0 Å². The van der Waals surface area contributed by atoms with E-state index in [9.17, 15) is 9.59 Å². The zero-order valence-electron chi connectivity index (χ0n) is 15.6. The zero-order valence-corrected chi connectivity index (χ0v) is 16.4. The molecule has 1 aromatic carbocycles. The smallest absolute Gasteiger partial charge is 0.242 e. The van der Waals surface area contributed by atoms with E-state index in [0.717, 1.165) is 24.4 Å². The molecular weight excluding hydrogens is 332 g/mol. The summed E-state index contributed by atoms with van der Waals surface area (Å²) in [6.07, 6.45) is 0. The van der Waals surface area contributed by atoms with Gasteiger partial charge in [0.25, 0.3) is 0 Å². The Morgan fingerprint density at radius 1 is 1.12 bits per heavy atom. The molecule has 4 nitrogen and oxygen atoms in total. The number of hydrogen-bond acceptors (Lipinski definition) is 3. The Labute approximate surface area is 155 Å². The van der Waals surface area contributed by atoms with E-state index in [4.69, 9.17) is 0 Å². The van der Waals surface area contributed by atoms with Crippen molar-refractivity contribution in [1.82, 2.24) is 9.80 Å². The van der Waals surface area contributed by atoms with Crippen molar-refractivity contribution in [3.63, 3.8) is 0 Å². The second-order valence-corrected chi connectivity index (χ2v) is 8.10. The standard InChI is InChI=1S/C20H28N2O2S/c1-15(2)10-21(11-16(3)4)19(23)12-22-18(13-25-14-20(22)24)17-8-6-5-7-9-17/h5-9,13,15-16H,10-12,14H2,1-4H3. The van der Waals surface area contributed by atoms with Crippen LogP contribution in [0.25, 0.3) is 5.70 Å². The van der Waals surface area contributed by atoms with Crippen LogP contribution in [0.5, 0.6) is 0 Å². The molecule has 0 fully saturated rings. The van der Waals surface area contributed by atoms with Gasteiger partial charge in [-0.2, -0.15) is 0 Å². The van der Waals surface area contributed by atoms with Gasteiger partial charge in [-0.15, -0.1) is 11.8 Å². The van der Waals surface area contributed by atoms with Crippen LogP contribution < -0.4 is 0 Å². The van der Waals surface area contributed by atoms with Crippen LogP contribution in [-0.4, -0.2) is 47.0 Å². The molecule has 0 unspecified atom stereocenters. The highest BCUT2D eigenvalue weighted by Gasteiger charge is 2.27. The molecule has 0 N–H and O–H groups in total. The maximum absolute atomic E-state index is 12.9. The van der Waals surface area contributed by atoms with Crippen LogP contribution in [0.1, 0.15) is 33.3 Å². The Kier molecular flexibility index (Phi) is 7.12. The number of nitrogens with zero attached hydrogens (tertiary/aromatic N) is 2. The second kappa shape index (κ2) is 9.09. The predicted octanol–water partition coefficient (Wildman–Crippen LogP) is 3.70. The van der Waals surface area contributed by atoms with Crippen LogP contribution in [0.3, 0.4) is 0 Å². The molecule has 2 amide bonds. The van der Waals surface area contributed by atoms with Crippen LogP contribution in [0.4, 0.5) is 0 Å². The van der Waals surface area contributed by atoms with Crippen molar-refractivity contribution >= 4 is 29.3 Å². The monoisotopic (exact) mass is 360 g/mol. The topological polar surface area (TPSA) is 40.6 Å². The Morgan fingerprint density at radius 3 is 2.28 bits per heavy atom. The minimum atomic E-state index is -0.00579. The van der Waals surface area contributed by atoms with Crippen molar-refractivity contribution in [2.45, 2.75) is 27.7 Å². The number of carbonyl (C=O) groups excluding carboxylic acids is 2. The average molecular weight is 361 g/mol. The van der Waals surface area contributed by atoms with Crippen LogP contribution in [-0.2, 0) is 9.59 Å². The van der Waals surface area contributed by atoms with Gasteiger partial charge in [-0.25, -0.2) is 0 Å². The van der Waals surface area contributed by atoms with E-state index in [2.05, 4.69) is 27.7 Å². The minimum Gasteiger partial charge on any atom is -0.341 e. The van der Waals surface area contributed by atoms with Gasteiger partial charge in [0.2, 0.25) is 11.8 Å². The molecule has 1 aromatic rings. The van der Waals surface area contributed by atoms with Gasteiger partial charge < -0.3 is 9.80 Å². The van der Waals surface area contributed by atoms with Crippen molar-refractivity contribution in [3.8, 4) is 0 Å². The molecule has 0 saturated carbocycles. The quantitative estimate of drug-likeness (QED) is 0.744. The van der Waals surface area contributed by atoms with Gasteiger partial charge in [0, 0.05) is 13.1 Å². The highest BCUT2D eigenvalue weighted by atomic mass is 32.2. The van der Waals surface area contributed by atoms with Gasteiger partial charge in [0.05, 0.1) is 11.4 Å². The third-order valence-corrected chi connectivity index (χ3v) is 4.68. The maximum Gasteiger partial charge on any atom is 0.242 e. The first kappa shape index (κ1) is 19.6.